The molecule has 0 bridgehead atoms. The zero-order chi connectivity index (χ0) is 21.0. The van der Waals surface area contributed by atoms with E-state index in [1.54, 1.807) is 0 Å². The normalized spacial score (nSPS) is 19.0. The number of likely N-dealkylation sites (tertiary alicyclic amines) is 1. The molecular formula is C27H36N4. The van der Waals surface area contributed by atoms with Gasteiger partial charge in [0.2, 0.25) is 0 Å². The summed E-state index contributed by atoms with van der Waals surface area (Å²) < 4.78 is 2.27. The Hall–Kier alpha value is -2.17. The van der Waals surface area contributed by atoms with Crippen molar-refractivity contribution in [2.24, 2.45) is 13.0 Å². The molecule has 1 aromatic carbocycles. The minimum Gasteiger partial charge on any atom is -0.350 e. The maximum atomic E-state index is 4.36. The van der Waals surface area contributed by atoms with Gasteiger partial charge in [-0.2, -0.15) is 0 Å². The third-order valence-corrected chi connectivity index (χ3v) is 7.51. The average molecular weight is 417 g/mol. The van der Waals surface area contributed by atoms with Crippen LogP contribution in [0.3, 0.4) is 0 Å². The Morgan fingerprint density at radius 1 is 0.968 bits per heavy atom. The molecule has 4 heteroatoms. The number of pyridine rings is 1. The van der Waals surface area contributed by atoms with Crippen molar-refractivity contribution in [1.29, 1.82) is 0 Å². The highest BCUT2D eigenvalue weighted by Gasteiger charge is 2.28. The first-order valence-corrected chi connectivity index (χ1v) is 12.1. The molecule has 0 atom stereocenters. The fraction of sp³-hybridized carbons (Fsp3) is 0.519. The lowest BCUT2D eigenvalue weighted by molar-refractivity contribution is 0.107. The molecule has 0 unspecified atom stereocenters. The standard InChI is InChI=1S/C27H36N4/c1-29-20-24(26-10-4-5-11-27(26)29)21-30(19-23-7-6-14-28-17-23)18-22-12-15-31(16-13-22)25-8-2-3-9-25/h4-7,10-11,14,17,20,22,25H,2-3,8-9,12-13,15-16,18-19,21H2,1H3. The Labute approximate surface area is 186 Å². The zero-order valence-electron chi connectivity index (χ0n) is 18.9. The SMILES string of the molecule is Cn1cc(CN(Cc2cccnc2)CC2CCN(C3CCCC3)CC2)c2ccccc21. The van der Waals surface area contributed by atoms with Crippen molar-refractivity contribution in [2.45, 2.75) is 57.7 Å². The monoisotopic (exact) mass is 416 g/mol. The van der Waals surface area contributed by atoms with Gasteiger partial charge in [-0.15, -0.1) is 0 Å². The molecule has 0 N–H and O–H groups in total. The van der Waals surface area contributed by atoms with Gasteiger partial charge in [-0.3, -0.25) is 9.88 Å². The van der Waals surface area contributed by atoms with Crippen LogP contribution in [0.25, 0.3) is 10.9 Å². The second kappa shape index (κ2) is 9.54. The van der Waals surface area contributed by atoms with E-state index in [0.717, 1.165) is 25.0 Å². The molecule has 5 rings (SSSR count). The minimum absolute atomic E-state index is 0.796. The van der Waals surface area contributed by atoms with E-state index in [9.17, 15) is 0 Å². The van der Waals surface area contributed by atoms with Crippen molar-refractivity contribution in [3.8, 4) is 0 Å². The Morgan fingerprint density at radius 3 is 2.55 bits per heavy atom. The smallest absolute Gasteiger partial charge is 0.0481 e. The summed E-state index contributed by atoms with van der Waals surface area (Å²) in [4.78, 5) is 9.81. The molecule has 3 heterocycles. The molecule has 1 saturated heterocycles. The van der Waals surface area contributed by atoms with Gasteiger partial charge in [-0.05, 0) is 68.0 Å². The molecular weight excluding hydrogens is 380 g/mol. The van der Waals surface area contributed by atoms with Crippen LogP contribution in [0.5, 0.6) is 0 Å². The molecule has 2 fully saturated rings. The lowest BCUT2D eigenvalue weighted by Gasteiger charge is -2.38. The molecule has 1 aliphatic carbocycles. The largest absolute Gasteiger partial charge is 0.350 e. The first-order valence-electron chi connectivity index (χ1n) is 12.1. The first-order chi connectivity index (χ1) is 15.3. The van der Waals surface area contributed by atoms with Gasteiger partial charge < -0.3 is 9.47 Å². The Kier molecular flexibility index (Phi) is 6.37. The molecule has 0 radical (unpaired) electrons. The van der Waals surface area contributed by atoms with Crippen LogP contribution in [0.2, 0.25) is 0 Å². The highest BCUT2D eigenvalue weighted by Crippen LogP contribution is 2.29. The maximum absolute atomic E-state index is 4.36. The van der Waals surface area contributed by atoms with E-state index in [2.05, 4.69) is 69.0 Å². The number of hydrogen-bond acceptors (Lipinski definition) is 3. The van der Waals surface area contributed by atoms with Crippen LogP contribution >= 0.6 is 0 Å². The van der Waals surface area contributed by atoms with Crippen LogP contribution in [-0.4, -0.2) is 45.0 Å². The number of piperidine rings is 1. The van der Waals surface area contributed by atoms with Gasteiger partial charge >= 0.3 is 0 Å². The minimum atomic E-state index is 0.796. The van der Waals surface area contributed by atoms with Gasteiger partial charge in [-0.25, -0.2) is 0 Å². The first kappa shape index (κ1) is 20.7. The van der Waals surface area contributed by atoms with E-state index in [0.29, 0.717) is 0 Å². The molecule has 1 saturated carbocycles. The highest BCUT2D eigenvalue weighted by molar-refractivity contribution is 5.83. The third kappa shape index (κ3) is 4.86. The summed E-state index contributed by atoms with van der Waals surface area (Å²) in [6, 6.07) is 13.9. The van der Waals surface area contributed by atoms with Crippen molar-refractivity contribution >= 4 is 10.9 Å². The van der Waals surface area contributed by atoms with E-state index in [1.807, 2.05) is 12.4 Å². The lowest BCUT2D eigenvalue weighted by Crippen LogP contribution is -2.42. The number of aryl methyl sites for hydroxylation is 1. The van der Waals surface area contributed by atoms with Gasteiger partial charge in [0.1, 0.15) is 0 Å². The van der Waals surface area contributed by atoms with Crippen molar-refractivity contribution in [3.05, 3.63) is 66.1 Å². The van der Waals surface area contributed by atoms with Crippen LogP contribution in [0.1, 0.15) is 49.7 Å². The average Bonchev–Trinajstić information content (AvgIpc) is 3.44. The van der Waals surface area contributed by atoms with Crippen molar-refractivity contribution in [3.63, 3.8) is 0 Å². The van der Waals surface area contributed by atoms with Gasteiger partial charge in [0, 0.05) is 62.2 Å². The second-order valence-corrected chi connectivity index (χ2v) is 9.73. The lowest BCUT2D eigenvalue weighted by atomic mass is 9.94. The predicted molar refractivity (Wildman–Crippen MR) is 128 cm³/mol. The molecule has 4 nitrogen and oxygen atoms in total. The molecule has 31 heavy (non-hydrogen) atoms. The van der Waals surface area contributed by atoms with Gasteiger partial charge in [0.15, 0.2) is 0 Å². The van der Waals surface area contributed by atoms with Gasteiger partial charge in [0.05, 0.1) is 0 Å². The topological polar surface area (TPSA) is 24.3 Å². The van der Waals surface area contributed by atoms with Crippen molar-refractivity contribution in [2.75, 3.05) is 19.6 Å². The summed E-state index contributed by atoms with van der Waals surface area (Å²) in [5, 5.41) is 1.39. The summed E-state index contributed by atoms with van der Waals surface area (Å²) in [6.07, 6.45) is 14.6. The number of para-hydroxylation sites is 1. The summed E-state index contributed by atoms with van der Waals surface area (Å²) in [5.74, 6) is 0.796. The number of hydrogen-bond donors (Lipinski definition) is 0. The highest BCUT2D eigenvalue weighted by atomic mass is 15.2. The molecule has 3 aromatic rings. The van der Waals surface area contributed by atoms with Crippen LogP contribution in [-0.2, 0) is 20.1 Å². The molecule has 164 valence electrons. The van der Waals surface area contributed by atoms with Crippen LogP contribution in [0.15, 0.2) is 55.0 Å². The zero-order valence-corrected chi connectivity index (χ0v) is 18.9. The van der Waals surface area contributed by atoms with E-state index in [-0.39, 0.29) is 0 Å². The third-order valence-electron chi connectivity index (χ3n) is 7.51. The van der Waals surface area contributed by atoms with E-state index in [4.69, 9.17) is 0 Å². The number of rotatable bonds is 7. The predicted octanol–water partition coefficient (Wildman–Crippen LogP) is 5.23. The Balaban J connectivity index is 1.29. The second-order valence-electron chi connectivity index (χ2n) is 9.73. The van der Waals surface area contributed by atoms with E-state index in [1.165, 1.54) is 80.2 Å². The quantitative estimate of drug-likeness (QED) is 0.527. The maximum Gasteiger partial charge on any atom is 0.0481 e. The number of aromatic nitrogens is 2. The Morgan fingerprint density at radius 2 is 1.77 bits per heavy atom. The fourth-order valence-electron chi connectivity index (χ4n) is 5.86. The molecule has 0 spiro atoms. The number of nitrogens with zero attached hydrogens (tertiary/aromatic N) is 4. The fourth-order valence-corrected chi connectivity index (χ4v) is 5.86. The number of benzene rings is 1. The Bertz CT molecular complexity index is 965. The summed E-state index contributed by atoms with van der Waals surface area (Å²) in [7, 11) is 2.16. The van der Waals surface area contributed by atoms with Gasteiger partial charge in [0.25, 0.3) is 0 Å². The van der Waals surface area contributed by atoms with Crippen molar-refractivity contribution in [1.82, 2.24) is 19.4 Å². The van der Waals surface area contributed by atoms with Crippen LogP contribution in [0.4, 0.5) is 0 Å². The summed E-state index contributed by atoms with van der Waals surface area (Å²) in [6.45, 7) is 5.74. The van der Waals surface area contributed by atoms with E-state index >= 15 is 0 Å². The summed E-state index contributed by atoms with van der Waals surface area (Å²) >= 11 is 0. The van der Waals surface area contributed by atoms with Gasteiger partial charge in [-0.1, -0.05) is 37.1 Å². The summed E-state index contributed by atoms with van der Waals surface area (Å²) in [5.41, 5.74) is 4.07. The molecule has 1 aliphatic heterocycles. The van der Waals surface area contributed by atoms with Crippen molar-refractivity contribution < 1.29 is 0 Å². The number of fused-ring (bicyclic) bond motifs is 1. The van der Waals surface area contributed by atoms with E-state index < -0.39 is 0 Å². The molecule has 0 amide bonds. The van der Waals surface area contributed by atoms with Crippen LogP contribution in [0, 0.1) is 5.92 Å². The molecule has 2 aromatic heterocycles. The molecule has 2 aliphatic rings. The van der Waals surface area contributed by atoms with Crippen LogP contribution < -0.4 is 0 Å².